The molecule has 0 bridgehead atoms. The summed E-state index contributed by atoms with van der Waals surface area (Å²) in [6.45, 7) is 0. The number of hydrogen-bond acceptors (Lipinski definition) is 5. The summed E-state index contributed by atoms with van der Waals surface area (Å²) in [4.78, 5) is 3.31. The van der Waals surface area contributed by atoms with Gasteiger partial charge in [-0.15, -0.1) is 0 Å². The first kappa shape index (κ1) is 15.0. The van der Waals surface area contributed by atoms with Gasteiger partial charge in [0.25, 0.3) is 0 Å². The Morgan fingerprint density at radius 2 is 1.95 bits per heavy atom. The third-order valence-corrected chi connectivity index (χ3v) is 4.46. The molecule has 2 aromatic rings. The van der Waals surface area contributed by atoms with Crippen molar-refractivity contribution in [3.63, 3.8) is 0 Å². The number of halogens is 1. The summed E-state index contributed by atoms with van der Waals surface area (Å²) in [5, 5.41) is 12.0. The lowest BCUT2D eigenvalue weighted by atomic mass is 10.3. The maximum Gasteiger partial charge on any atom is 0.235 e. The van der Waals surface area contributed by atoms with Crippen LogP contribution in [-0.2, 0) is 9.84 Å². The number of rotatable bonds is 4. The Kier molecular flexibility index (Phi) is 4.58. The normalized spacial score (nSPS) is 11.7. The van der Waals surface area contributed by atoms with Gasteiger partial charge >= 0.3 is 0 Å². The van der Waals surface area contributed by atoms with E-state index in [4.69, 9.17) is 16.9 Å². The third kappa shape index (κ3) is 3.40. The maximum absolute atomic E-state index is 12.2. The van der Waals surface area contributed by atoms with Gasteiger partial charge in [0, 0.05) is 12.4 Å². The van der Waals surface area contributed by atoms with E-state index in [0.717, 1.165) is 6.20 Å². The van der Waals surface area contributed by atoms with Gasteiger partial charge < -0.3 is 5.32 Å². The minimum atomic E-state index is -3.95. The van der Waals surface area contributed by atoms with Crippen LogP contribution < -0.4 is 5.32 Å². The molecule has 7 heteroatoms. The lowest BCUT2D eigenvalue weighted by molar-refractivity contribution is 0.599. The van der Waals surface area contributed by atoms with Crippen LogP contribution in [0.4, 0.5) is 5.69 Å². The summed E-state index contributed by atoms with van der Waals surface area (Å²) >= 11 is 5.95. The van der Waals surface area contributed by atoms with E-state index in [1.807, 2.05) is 0 Å². The summed E-state index contributed by atoms with van der Waals surface area (Å²) in [5.74, 6) is 0. The van der Waals surface area contributed by atoms with E-state index in [-0.39, 0.29) is 5.03 Å². The molecule has 0 unspecified atom stereocenters. The average Bonchev–Trinajstić information content (AvgIpc) is 2.50. The van der Waals surface area contributed by atoms with Gasteiger partial charge in [0.1, 0.15) is 6.07 Å². The van der Waals surface area contributed by atoms with E-state index in [2.05, 4.69) is 10.3 Å². The number of allylic oxidation sites excluding steroid dienone is 1. The Morgan fingerprint density at radius 3 is 2.57 bits per heavy atom. The van der Waals surface area contributed by atoms with Crippen LogP contribution in [0.5, 0.6) is 0 Å². The van der Waals surface area contributed by atoms with Crippen LogP contribution in [0, 0.1) is 11.3 Å². The molecule has 5 nitrogen and oxygen atoms in total. The van der Waals surface area contributed by atoms with Crippen molar-refractivity contribution in [3.05, 3.63) is 64.8 Å². The van der Waals surface area contributed by atoms with Gasteiger partial charge in [-0.25, -0.2) is 13.4 Å². The molecule has 0 saturated carbocycles. The Hall–Kier alpha value is -2.36. The van der Waals surface area contributed by atoms with Crippen molar-refractivity contribution in [2.75, 3.05) is 5.32 Å². The first-order chi connectivity index (χ1) is 10.1. The molecule has 0 aliphatic heterocycles. The molecular formula is C14H10ClN3O2S. The molecule has 21 heavy (non-hydrogen) atoms. The fourth-order valence-corrected chi connectivity index (χ4v) is 2.72. The van der Waals surface area contributed by atoms with E-state index in [1.54, 1.807) is 36.4 Å². The van der Waals surface area contributed by atoms with Gasteiger partial charge in [-0.2, -0.15) is 5.26 Å². The van der Waals surface area contributed by atoms with Crippen LogP contribution in [0.2, 0.25) is 5.02 Å². The average molecular weight is 320 g/mol. The van der Waals surface area contributed by atoms with E-state index in [1.165, 1.54) is 18.3 Å². The quantitative estimate of drug-likeness (QED) is 0.876. The van der Waals surface area contributed by atoms with Gasteiger partial charge in [0.15, 0.2) is 9.93 Å². The van der Waals surface area contributed by atoms with Crippen molar-refractivity contribution in [1.29, 1.82) is 5.26 Å². The number of nitrogens with one attached hydrogen (secondary N) is 1. The monoisotopic (exact) mass is 319 g/mol. The van der Waals surface area contributed by atoms with Crippen LogP contribution in [0.1, 0.15) is 0 Å². The first-order valence-electron chi connectivity index (χ1n) is 5.83. The van der Waals surface area contributed by atoms with Gasteiger partial charge in [0.05, 0.1) is 10.7 Å². The topological polar surface area (TPSA) is 82.9 Å². The predicted octanol–water partition coefficient (Wildman–Crippen LogP) is 2.99. The lowest BCUT2D eigenvalue weighted by Crippen LogP contribution is -2.07. The molecule has 0 aliphatic rings. The maximum atomic E-state index is 12.2. The Bertz CT molecular complexity index is 812. The number of nitriles is 1. The highest BCUT2D eigenvalue weighted by Gasteiger charge is 2.21. The number of pyridine rings is 1. The second kappa shape index (κ2) is 6.39. The summed E-state index contributed by atoms with van der Waals surface area (Å²) in [6.07, 6.45) is 2.45. The smallest absolute Gasteiger partial charge is 0.235 e. The van der Waals surface area contributed by atoms with Crippen molar-refractivity contribution >= 4 is 27.1 Å². The number of hydrogen-bond donors (Lipinski definition) is 1. The molecule has 0 saturated heterocycles. The zero-order valence-corrected chi connectivity index (χ0v) is 12.3. The highest BCUT2D eigenvalue weighted by molar-refractivity contribution is 7.95. The number of nitrogens with zero attached hydrogens (tertiary/aromatic N) is 2. The molecule has 0 spiro atoms. The molecule has 1 heterocycles. The molecule has 2 rings (SSSR count). The van der Waals surface area contributed by atoms with Crippen LogP contribution in [0.15, 0.2) is 64.8 Å². The molecule has 0 radical (unpaired) electrons. The minimum Gasteiger partial charge on any atom is -0.359 e. The van der Waals surface area contributed by atoms with Gasteiger partial charge in [-0.3, -0.25) is 0 Å². The molecule has 0 aliphatic carbocycles. The van der Waals surface area contributed by atoms with Gasteiger partial charge in [-0.05, 0) is 24.3 Å². The zero-order valence-electron chi connectivity index (χ0n) is 10.7. The van der Waals surface area contributed by atoms with Crippen molar-refractivity contribution in [2.45, 2.75) is 5.03 Å². The van der Waals surface area contributed by atoms with Crippen LogP contribution in [0.3, 0.4) is 0 Å². The van der Waals surface area contributed by atoms with Crippen molar-refractivity contribution in [2.24, 2.45) is 0 Å². The molecule has 1 aromatic heterocycles. The molecule has 0 amide bonds. The molecule has 0 fully saturated rings. The first-order valence-corrected chi connectivity index (χ1v) is 7.69. The number of benzene rings is 1. The largest absolute Gasteiger partial charge is 0.359 e. The Labute approximate surface area is 127 Å². The molecule has 0 atom stereocenters. The molecular weight excluding hydrogens is 310 g/mol. The van der Waals surface area contributed by atoms with E-state index >= 15 is 0 Å². The summed E-state index contributed by atoms with van der Waals surface area (Å²) in [6, 6.07) is 12.9. The number of aromatic nitrogens is 1. The SMILES string of the molecule is N#C/C(=C/Nc1ccccc1Cl)S(=O)(=O)c1ccccn1. The molecule has 1 aromatic carbocycles. The Morgan fingerprint density at radius 1 is 1.24 bits per heavy atom. The highest BCUT2D eigenvalue weighted by Crippen LogP contribution is 2.22. The summed E-state index contributed by atoms with van der Waals surface area (Å²) in [7, 11) is -3.95. The lowest BCUT2D eigenvalue weighted by Gasteiger charge is -2.05. The van der Waals surface area contributed by atoms with Crippen LogP contribution >= 0.6 is 11.6 Å². The van der Waals surface area contributed by atoms with Gasteiger partial charge in [-0.1, -0.05) is 29.8 Å². The fourth-order valence-electron chi connectivity index (χ4n) is 1.51. The zero-order chi connectivity index (χ0) is 15.3. The van der Waals surface area contributed by atoms with Crippen LogP contribution in [-0.4, -0.2) is 13.4 Å². The van der Waals surface area contributed by atoms with Crippen molar-refractivity contribution in [1.82, 2.24) is 4.98 Å². The molecule has 1 N–H and O–H groups in total. The number of anilines is 1. The minimum absolute atomic E-state index is 0.182. The summed E-state index contributed by atoms with van der Waals surface area (Å²) < 4.78 is 24.5. The Balaban J connectivity index is 2.35. The van der Waals surface area contributed by atoms with E-state index in [9.17, 15) is 8.42 Å². The van der Waals surface area contributed by atoms with Crippen molar-refractivity contribution in [3.8, 4) is 6.07 Å². The second-order valence-corrected chi connectivity index (χ2v) is 6.19. The van der Waals surface area contributed by atoms with E-state index < -0.39 is 14.7 Å². The van der Waals surface area contributed by atoms with E-state index in [0.29, 0.717) is 10.7 Å². The highest BCUT2D eigenvalue weighted by atomic mass is 35.5. The third-order valence-electron chi connectivity index (χ3n) is 2.55. The fraction of sp³-hybridized carbons (Fsp3) is 0. The second-order valence-electron chi connectivity index (χ2n) is 3.92. The summed E-state index contributed by atoms with van der Waals surface area (Å²) in [5.41, 5.74) is 0.503. The number of para-hydroxylation sites is 1. The van der Waals surface area contributed by atoms with Crippen molar-refractivity contribution < 1.29 is 8.42 Å². The molecule has 106 valence electrons. The number of sulfone groups is 1. The van der Waals surface area contributed by atoms with Crippen LogP contribution in [0.25, 0.3) is 0 Å². The standard InChI is InChI=1S/C14H10ClN3O2S/c15-12-5-1-2-6-13(12)18-10-11(9-16)21(19,20)14-7-3-4-8-17-14/h1-8,10,18H/b11-10-. The predicted molar refractivity (Wildman–Crippen MR) is 80.2 cm³/mol. The van der Waals surface area contributed by atoms with Gasteiger partial charge in [0.2, 0.25) is 9.84 Å².